The van der Waals surface area contributed by atoms with Gasteiger partial charge in [0.2, 0.25) is 5.69 Å². The molecular weight excluding hydrogens is 340 g/mol. The summed E-state index contributed by atoms with van der Waals surface area (Å²) in [5.41, 5.74) is 7.02. The number of nitrogens with two attached hydrogens (primary N) is 1. The Labute approximate surface area is 140 Å². The Hall–Kier alpha value is -1.19. The van der Waals surface area contributed by atoms with Gasteiger partial charge in [-0.15, -0.1) is 40.0 Å². The molecule has 0 bridgehead atoms. The van der Waals surface area contributed by atoms with Gasteiger partial charge in [0, 0.05) is 0 Å². The number of ether oxygens (including phenoxy) is 1. The predicted molar refractivity (Wildman–Crippen MR) is 91.9 cm³/mol. The summed E-state index contributed by atoms with van der Waals surface area (Å²) >= 11 is 5.56. The van der Waals surface area contributed by atoms with E-state index in [0.717, 1.165) is 17.2 Å². The van der Waals surface area contributed by atoms with Gasteiger partial charge in [0.25, 0.3) is 0 Å². The molecule has 3 rings (SSSR count). The summed E-state index contributed by atoms with van der Waals surface area (Å²) < 4.78 is 6.87. The molecule has 118 valence electrons. The highest BCUT2D eigenvalue weighted by atomic mass is 32.2. The molecule has 0 saturated carbocycles. The van der Waals surface area contributed by atoms with Crippen LogP contribution in [0, 0.1) is 0 Å². The van der Waals surface area contributed by atoms with Gasteiger partial charge in [-0.05, 0) is 36.3 Å². The Bertz CT molecular complexity index is 664. The van der Waals surface area contributed by atoms with E-state index in [4.69, 9.17) is 10.5 Å². The number of thioether (sulfide) groups is 2. The van der Waals surface area contributed by atoms with Gasteiger partial charge in [0.1, 0.15) is 0 Å². The Morgan fingerprint density at radius 3 is 3.00 bits per heavy atom. The van der Waals surface area contributed by atoms with Crippen molar-refractivity contribution in [1.29, 1.82) is 0 Å². The van der Waals surface area contributed by atoms with Crippen LogP contribution >= 0.6 is 34.9 Å². The number of thiophene rings is 1. The maximum absolute atomic E-state index is 11.8. The smallest absolute Gasteiger partial charge is 0.362 e. The van der Waals surface area contributed by atoms with Gasteiger partial charge in [0.15, 0.2) is 5.82 Å². The van der Waals surface area contributed by atoms with Crippen molar-refractivity contribution in [1.82, 2.24) is 15.0 Å². The van der Waals surface area contributed by atoms with E-state index in [9.17, 15) is 4.79 Å². The first-order valence-electron chi connectivity index (χ1n) is 6.91. The lowest BCUT2D eigenvalue weighted by molar-refractivity contribution is 0.0520. The van der Waals surface area contributed by atoms with E-state index in [1.54, 1.807) is 18.3 Å². The molecule has 3 heterocycles. The molecular formula is C13H16N4O2S3. The lowest BCUT2D eigenvalue weighted by Gasteiger charge is -2.21. The van der Waals surface area contributed by atoms with Crippen LogP contribution in [0.1, 0.15) is 33.3 Å². The number of nitrogens with zero attached hydrogens (tertiary/aromatic N) is 3. The molecule has 1 fully saturated rings. The van der Waals surface area contributed by atoms with Crippen molar-refractivity contribution in [2.45, 2.75) is 17.9 Å². The van der Waals surface area contributed by atoms with Crippen molar-refractivity contribution in [3.63, 3.8) is 0 Å². The van der Waals surface area contributed by atoms with Gasteiger partial charge in [-0.25, -0.2) is 4.79 Å². The number of esters is 1. The molecule has 0 spiro atoms. The summed E-state index contributed by atoms with van der Waals surface area (Å²) in [6.45, 7) is 2.03. The topological polar surface area (TPSA) is 83.0 Å². The highest BCUT2D eigenvalue weighted by Gasteiger charge is 2.25. The summed E-state index contributed by atoms with van der Waals surface area (Å²) in [6.07, 6.45) is 1.24. The molecule has 2 aromatic heterocycles. The van der Waals surface area contributed by atoms with Crippen molar-refractivity contribution in [2.24, 2.45) is 0 Å². The Morgan fingerprint density at radius 2 is 2.27 bits per heavy atom. The molecule has 22 heavy (non-hydrogen) atoms. The van der Waals surface area contributed by atoms with E-state index in [1.165, 1.54) is 16.0 Å². The second-order valence-electron chi connectivity index (χ2n) is 4.55. The monoisotopic (exact) mass is 356 g/mol. The molecule has 0 aromatic carbocycles. The van der Waals surface area contributed by atoms with Crippen LogP contribution in [0.5, 0.6) is 0 Å². The van der Waals surface area contributed by atoms with Crippen molar-refractivity contribution >= 4 is 46.6 Å². The number of carbonyl (C=O) groups excluding carboxylic acids is 1. The molecule has 2 N–H and O–H groups in total. The fraction of sp³-hybridized carbons (Fsp3) is 0.462. The van der Waals surface area contributed by atoms with Crippen LogP contribution in [0.3, 0.4) is 0 Å². The first kappa shape index (κ1) is 15.7. The second kappa shape index (κ2) is 6.93. The Balaban J connectivity index is 1.92. The number of aromatic nitrogens is 3. The normalized spacial score (nSPS) is 15.9. The minimum absolute atomic E-state index is 0.0722. The maximum Gasteiger partial charge on any atom is 0.362 e. The fourth-order valence-corrected chi connectivity index (χ4v) is 6.33. The largest absolute Gasteiger partial charge is 0.461 e. The zero-order chi connectivity index (χ0) is 15.5. The van der Waals surface area contributed by atoms with Crippen LogP contribution in [-0.4, -0.2) is 39.1 Å². The van der Waals surface area contributed by atoms with Crippen LogP contribution in [-0.2, 0) is 4.74 Å². The zero-order valence-corrected chi connectivity index (χ0v) is 14.5. The third kappa shape index (κ3) is 2.97. The molecule has 9 heteroatoms. The second-order valence-corrected chi connectivity index (χ2v) is 8.22. The minimum atomic E-state index is -0.538. The summed E-state index contributed by atoms with van der Waals surface area (Å²) in [5.74, 6) is 2.01. The Kier molecular flexibility index (Phi) is 4.94. The molecule has 0 unspecified atom stereocenters. The van der Waals surface area contributed by atoms with Gasteiger partial charge >= 0.3 is 5.97 Å². The summed E-state index contributed by atoms with van der Waals surface area (Å²) in [4.78, 5) is 13.0. The minimum Gasteiger partial charge on any atom is -0.461 e. The molecule has 0 atom stereocenters. The quantitative estimate of drug-likeness (QED) is 0.843. The average molecular weight is 356 g/mol. The number of rotatable bonds is 4. The van der Waals surface area contributed by atoms with Crippen molar-refractivity contribution in [3.05, 3.63) is 22.0 Å². The average Bonchev–Trinajstić information content (AvgIpc) is 3.14. The molecule has 6 nitrogen and oxygen atoms in total. The molecule has 0 radical (unpaired) electrons. The van der Waals surface area contributed by atoms with Crippen LogP contribution in [0.2, 0.25) is 0 Å². The van der Waals surface area contributed by atoms with Crippen molar-refractivity contribution in [2.75, 3.05) is 23.8 Å². The number of hydrogen-bond donors (Lipinski definition) is 1. The lowest BCUT2D eigenvalue weighted by atomic mass is 10.4. The number of carbonyl (C=O) groups is 1. The Morgan fingerprint density at radius 1 is 1.50 bits per heavy atom. The summed E-state index contributed by atoms with van der Waals surface area (Å²) in [6, 6.07) is 1.97. The van der Waals surface area contributed by atoms with E-state index in [1.807, 2.05) is 35.0 Å². The van der Waals surface area contributed by atoms with Gasteiger partial charge < -0.3 is 10.5 Å². The summed E-state index contributed by atoms with van der Waals surface area (Å²) in [5, 5.41) is 9.95. The van der Waals surface area contributed by atoms with E-state index >= 15 is 0 Å². The first-order valence-corrected chi connectivity index (χ1v) is 9.89. The standard InChI is InChI=1S/C13H16N4O2S3/c1-2-19-12(18)9-11(14)17(16-15-9)8-4-7-20-10(8)13-21-5-3-6-22-13/h4,7,13H,2-3,5-6,14H2,1H3. The summed E-state index contributed by atoms with van der Waals surface area (Å²) in [7, 11) is 0. The molecule has 1 saturated heterocycles. The maximum atomic E-state index is 11.8. The molecule has 0 amide bonds. The number of anilines is 1. The van der Waals surface area contributed by atoms with Crippen LogP contribution in [0.15, 0.2) is 11.4 Å². The molecule has 2 aromatic rings. The first-order chi connectivity index (χ1) is 10.7. The van der Waals surface area contributed by atoms with Gasteiger partial charge in [0.05, 0.1) is 21.8 Å². The van der Waals surface area contributed by atoms with Crippen molar-refractivity contribution in [3.8, 4) is 5.69 Å². The lowest BCUT2D eigenvalue weighted by Crippen LogP contribution is -2.10. The highest BCUT2D eigenvalue weighted by Crippen LogP contribution is 2.47. The SMILES string of the molecule is CCOC(=O)c1nnn(-c2ccsc2C2SCCCS2)c1N. The third-order valence-electron chi connectivity index (χ3n) is 3.12. The van der Waals surface area contributed by atoms with E-state index < -0.39 is 5.97 Å². The van der Waals surface area contributed by atoms with Gasteiger partial charge in [-0.1, -0.05) is 5.21 Å². The predicted octanol–water partition coefficient (Wildman–Crippen LogP) is 2.96. The van der Waals surface area contributed by atoms with Gasteiger partial charge in [-0.3, -0.25) is 0 Å². The third-order valence-corrected chi connectivity index (χ3v) is 7.33. The van der Waals surface area contributed by atoms with Crippen molar-refractivity contribution < 1.29 is 9.53 Å². The zero-order valence-electron chi connectivity index (χ0n) is 12.0. The number of hydrogen-bond acceptors (Lipinski definition) is 8. The molecule has 1 aliphatic heterocycles. The molecule has 1 aliphatic rings. The fourth-order valence-electron chi connectivity index (χ4n) is 2.12. The van der Waals surface area contributed by atoms with Crippen LogP contribution in [0.4, 0.5) is 5.82 Å². The highest BCUT2D eigenvalue weighted by molar-refractivity contribution is 8.17. The van der Waals surface area contributed by atoms with Gasteiger partial charge in [-0.2, -0.15) is 4.68 Å². The van der Waals surface area contributed by atoms with E-state index in [-0.39, 0.29) is 18.1 Å². The van der Waals surface area contributed by atoms with E-state index in [2.05, 4.69) is 10.3 Å². The molecule has 0 aliphatic carbocycles. The number of nitrogen functional groups attached to an aromatic ring is 1. The van der Waals surface area contributed by atoms with E-state index in [0.29, 0.717) is 4.58 Å². The van der Waals surface area contributed by atoms with Crippen LogP contribution < -0.4 is 5.73 Å². The van der Waals surface area contributed by atoms with Crippen LogP contribution in [0.25, 0.3) is 5.69 Å².